The van der Waals surface area contributed by atoms with Gasteiger partial charge in [-0.15, -0.1) is 11.3 Å². The van der Waals surface area contributed by atoms with Crippen LogP contribution in [-0.4, -0.2) is 68.5 Å². The third-order valence-corrected chi connectivity index (χ3v) is 8.41. The second-order valence-electron chi connectivity index (χ2n) is 10.1. The van der Waals surface area contributed by atoms with E-state index in [4.69, 9.17) is 18.6 Å². The van der Waals surface area contributed by atoms with Gasteiger partial charge in [0.2, 0.25) is 0 Å². The van der Waals surface area contributed by atoms with Crippen molar-refractivity contribution in [3.8, 4) is 11.5 Å². The molecule has 0 unspecified atom stereocenters. The van der Waals surface area contributed by atoms with Crippen molar-refractivity contribution in [1.29, 1.82) is 0 Å². The zero-order chi connectivity index (χ0) is 28.0. The predicted molar refractivity (Wildman–Crippen MR) is 157 cm³/mol. The lowest BCUT2D eigenvalue weighted by Crippen LogP contribution is -2.41. The van der Waals surface area contributed by atoms with E-state index in [1.807, 2.05) is 72.0 Å². The average molecular weight is 563 g/mol. The molecular formula is C32H38N2O5S. The smallest absolute Gasteiger partial charge is 0.173 e. The molecule has 8 heteroatoms. The van der Waals surface area contributed by atoms with Gasteiger partial charge in [-0.05, 0) is 66.6 Å². The molecular weight excluding hydrogens is 524 g/mol. The third kappa shape index (κ3) is 6.59. The van der Waals surface area contributed by atoms with Gasteiger partial charge in [0.15, 0.2) is 5.60 Å². The molecule has 0 saturated carbocycles. The molecule has 212 valence electrons. The van der Waals surface area contributed by atoms with Crippen LogP contribution in [0.3, 0.4) is 0 Å². The molecule has 5 rings (SSSR count). The quantitative estimate of drug-likeness (QED) is 0.252. The lowest BCUT2D eigenvalue weighted by atomic mass is 9.84. The summed E-state index contributed by atoms with van der Waals surface area (Å²) in [6.07, 6.45) is 0. The number of hydrogen-bond acceptors (Lipinski definition) is 8. The molecule has 2 aromatic carbocycles. The first kappa shape index (κ1) is 28.4. The number of morpholine rings is 1. The Kier molecular flexibility index (Phi) is 9.24. The molecule has 0 spiro atoms. The maximum Gasteiger partial charge on any atom is 0.173 e. The second kappa shape index (κ2) is 13.0. The molecule has 1 aliphatic heterocycles. The van der Waals surface area contributed by atoms with Gasteiger partial charge in [-0.1, -0.05) is 24.3 Å². The minimum Gasteiger partial charge on any atom is -0.497 e. The van der Waals surface area contributed by atoms with Gasteiger partial charge < -0.3 is 23.7 Å². The van der Waals surface area contributed by atoms with Crippen LogP contribution >= 0.6 is 11.3 Å². The van der Waals surface area contributed by atoms with Gasteiger partial charge in [-0.2, -0.15) is 0 Å². The van der Waals surface area contributed by atoms with E-state index in [0.717, 1.165) is 63.2 Å². The van der Waals surface area contributed by atoms with Crippen molar-refractivity contribution >= 4 is 11.3 Å². The number of aliphatic hydroxyl groups is 1. The van der Waals surface area contributed by atoms with Crippen LogP contribution in [0.25, 0.3) is 0 Å². The molecule has 1 aliphatic rings. The van der Waals surface area contributed by atoms with E-state index in [-0.39, 0.29) is 0 Å². The van der Waals surface area contributed by atoms with Gasteiger partial charge in [-0.25, -0.2) is 0 Å². The highest BCUT2D eigenvalue weighted by molar-refractivity contribution is 7.11. The fraction of sp³-hybridized carbons (Fsp3) is 0.375. The largest absolute Gasteiger partial charge is 0.497 e. The molecule has 4 aromatic rings. The number of rotatable bonds is 12. The maximum atomic E-state index is 12.3. The van der Waals surface area contributed by atoms with Crippen LogP contribution in [0.15, 0.2) is 77.2 Å². The van der Waals surface area contributed by atoms with Crippen molar-refractivity contribution < 1.29 is 23.7 Å². The zero-order valence-corrected chi connectivity index (χ0v) is 24.3. The normalized spacial score (nSPS) is 14.5. The van der Waals surface area contributed by atoms with Gasteiger partial charge in [0.1, 0.15) is 23.0 Å². The number of methoxy groups -OCH3 is 2. The van der Waals surface area contributed by atoms with E-state index >= 15 is 0 Å². The molecule has 1 fully saturated rings. The third-order valence-electron chi connectivity index (χ3n) is 7.42. The van der Waals surface area contributed by atoms with E-state index in [9.17, 15) is 5.11 Å². The molecule has 0 amide bonds. The predicted octanol–water partition coefficient (Wildman–Crippen LogP) is 5.29. The molecule has 2 aromatic heterocycles. The molecule has 1 saturated heterocycles. The summed E-state index contributed by atoms with van der Waals surface area (Å²) < 4.78 is 22.7. The first-order chi connectivity index (χ1) is 19.5. The van der Waals surface area contributed by atoms with Crippen molar-refractivity contribution in [1.82, 2.24) is 9.80 Å². The van der Waals surface area contributed by atoms with Crippen LogP contribution in [0.5, 0.6) is 11.5 Å². The van der Waals surface area contributed by atoms with E-state index in [2.05, 4.69) is 28.9 Å². The van der Waals surface area contributed by atoms with Crippen molar-refractivity contribution in [3.63, 3.8) is 0 Å². The summed E-state index contributed by atoms with van der Waals surface area (Å²) >= 11 is 1.83. The van der Waals surface area contributed by atoms with Gasteiger partial charge in [0.05, 0.1) is 34.0 Å². The lowest BCUT2D eigenvalue weighted by molar-refractivity contribution is 0.0320. The Morgan fingerprint density at radius 2 is 1.48 bits per heavy atom. The maximum absolute atomic E-state index is 12.3. The fourth-order valence-corrected chi connectivity index (χ4v) is 6.04. The topological polar surface area (TPSA) is 67.5 Å². The summed E-state index contributed by atoms with van der Waals surface area (Å²) in [7, 11) is 3.26. The molecule has 40 heavy (non-hydrogen) atoms. The Hall–Kier alpha value is -3.14. The van der Waals surface area contributed by atoms with Crippen molar-refractivity contribution in [2.75, 3.05) is 53.6 Å². The van der Waals surface area contributed by atoms with E-state index in [0.29, 0.717) is 23.4 Å². The number of hydrogen-bond donors (Lipinski definition) is 1. The summed E-state index contributed by atoms with van der Waals surface area (Å²) in [5.41, 5.74) is -0.101. The van der Waals surface area contributed by atoms with Gasteiger partial charge in [-0.3, -0.25) is 9.80 Å². The van der Waals surface area contributed by atoms with Crippen LogP contribution < -0.4 is 9.47 Å². The van der Waals surface area contributed by atoms with Gasteiger partial charge in [0, 0.05) is 42.5 Å². The number of furan rings is 1. The second-order valence-corrected chi connectivity index (χ2v) is 11.5. The number of ether oxygens (including phenoxy) is 3. The Bertz CT molecular complexity index is 1290. The van der Waals surface area contributed by atoms with E-state index in [1.165, 1.54) is 9.75 Å². The minimum absolute atomic E-state index is 0.470. The van der Waals surface area contributed by atoms with Crippen molar-refractivity contribution in [2.45, 2.75) is 25.6 Å². The van der Waals surface area contributed by atoms with E-state index < -0.39 is 5.60 Å². The first-order valence-electron chi connectivity index (χ1n) is 13.7. The summed E-state index contributed by atoms with van der Waals surface area (Å²) in [6.45, 7) is 9.03. The molecule has 0 atom stereocenters. The Labute approximate surface area is 240 Å². The molecule has 0 radical (unpaired) electrons. The molecule has 3 heterocycles. The van der Waals surface area contributed by atoms with Crippen molar-refractivity contribution in [2.24, 2.45) is 0 Å². The molecule has 0 aliphatic carbocycles. The minimum atomic E-state index is -1.49. The highest BCUT2D eigenvalue weighted by atomic mass is 32.1. The lowest BCUT2D eigenvalue weighted by Gasteiger charge is -2.30. The fourth-order valence-electron chi connectivity index (χ4n) is 5.11. The molecule has 0 bridgehead atoms. The van der Waals surface area contributed by atoms with Gasteiger partial charge >= 0.3 is 0 Å². The zero-order valence-electron chi connectivity index (χ0n) is 23.5. The van der Waals surface area contributed by atoms with Crippen LogP contribution in [0.4, 0.5) is 0 Å². The molecule has 7 nitrogen and oxygen atoms in total. The highest BCUT2D eigenvalue weighted by Crippen LogP contribution is 2.39. The Morgan fingerprint density at radius 1 is 0.850 bits per heavy atom. The molecule has 1 N–H and O–H groups in total. The monoisotopic (exact) mass is 562 g/mol. The van der Waals surface area contributed by atoms with Crippen LogP contribution in [0.2, 0.25) is 0 Å². The Balaban J connectivity index is 1.41. The van der Waals surface area contributed by atoms with Gasteiger partial charge in [0.25, 0.3) is 0 Å². The summed E-state index contributed by atoms with van der Waals surface area (Å²) in [6, 6.07) is 23.2. The average Bonchev–Trinajstić information content (AvgIpc) is 3.65. The summed E-state index contributed by atoms with van der Waals surface area (Å²) in [5, 5.41) is 12.3. The summed E-state index contributed by atoms with van der Waals surface area (Å²) in [5.74, 6) is 2.73. The number of benzene rings is 2. The van der Waals surface area contributed by atoms with E-state index in [1.54, 1.807) is 14.2 Å². The van der Waals surface area contributed by atoms with Crippen LogP contribution in [0.1, 0.15) is 32.4 Å². The van der Waals surface area contributed by atoms with Crippen molar-refractivity contribution in [3.05, 3.63) is 105 Å². The number of aryl methyl sites for hydroxylation is 1. The number of nitrogens with zero attached hydrogens (tertiary/aromatic N) is 2. The number of thiophene rings is 1. The Morgan fingerprint density at radius 3 is 2.02 bits per heavy atom. The van der Waals surface area contributed by atoms with Crippen LogP contribution in [0, 0.1) is 6.92 Å². The standard InChI is InChI=1S/C32H38N2O5S/c1-24-4-14-30(40-24)23-34(17-16-33-18-20-38-21-19-33)22-29-13-15-31(39-29)32(35,25-5-9-27(36-2)10-6-25)26-7-11-28(37-3)12-8-26/h4-15,35H,16-23H2,1-3H3. The summed E-state index contributed by atoms with van der Waals surface area (Å²) in [4.78, 5) is 7.52. The SMILES string of the molecule is COc1ccc(C(O)(c2ccc(OC)cc2)c2ccc(CN(CCN3CCOCC3)Cc3ccc(C)s3)o2)cc1. The van der Waals surface area contributed by atoms with Crippen LogP contribution in [-0.2, 0) is 23.4 Å². The highest BCUT2D eigenvalue weighted by Gasteiger charge is 2.37. The first-order valence-corrected chi connectivity index (χ1v) is 14.5.